The fourth-order valence-corrected chi connectivity index (χ4v) is 2.72. The van der Waals surface area contributed by atoms with Crippen molar-refractivity contribution < 1.29 is 14.6 Å². The molecule has 7 heteroatoms. The van der Waals surface area contributed by atoms with Gasteiger partial charge in [-0.05, 0) is 55.2 Å². The zero-order valence-electron chi connectivity index (χ0n) is 16.7. The highest BCUT2D eigenvalue weighted by molar-refractivity contribution is 5.92. The molecule has 2 aromatic heterocycles. The smallest absolute Gasteiger partial charge is 0.250 e. The van der Waals surface area contributed by atoms with Crippen LogP contribution in [0.3, 0.4) is 0 Å². The molecule has 4 N–H and O–H groups in total. The molecular formula is C23H22N4O3. The number of anilines is 1. The largest absolute Gasteiger partial charge is 0.487 e. The highest BCUT2D eigenvalue weighted by atomic mass is 16.5. The number of rotatable bonds is 7. The summed E-state index contributed by atoms with van der Waals surface area (Å²) in [5.74, 6) is 5.54. The maximum Gasteiger partial charge on any atom is 0.250 e. The van der Waals surface area contributed by atoms with Crippen molar-refractivity contribution in [3.63, 3.8) is 0 Å². The van der Waals surface area contributed by atoms with Crippen LogP contribution in [0, 0.1) is 18.8 Å². The molecule has 1 atom stereocenters. The third-order valence-corrected chi connectivity index (χ3v) is 4.40. The van der Waals surface area contributed by atoms with Crippen LogP contribution in [0.5, 0.6) is 5.75 Å². The molecule has 0 aliphatic rings. The van der Waals surface area contributed by atoms with E-state index in [0.717, 1.165) is 16.8 Å². The van der Waals surface area contributed by atoms with Gasteiger partial charge in [0.1, 0.15) is 18.1 Å². The summed E-state index contributed by atoms with van der Waals surface area (Å²) in [7, 11) is 0. The van der Waals surface area contributed by atoms with Gasteiger partial charge in [-0.3, -0.25) is 9.78 Å². The molecule has 2 heterocycles. The number of carbonyl (C=O) groups is 1. The van der Waals surface area contributed by atoms with E-state index in [1.165, 1.54) is 12.4 Å². The van der Waals surface area contributed by atoms with Gasteiger partial charge in [-0.2, -0.15) is 0 Å². The molecular weight excluding hydrogens is 380 g/mol. The van der Waals surface area contributed by atoms with Crippen LogP contribution in [0.4, 0.5) is 5.69 Å². The normalized spacial score (nSPS) is 11.2. The van der Waals surface area contributed by atoms with Crippen LogP contribution in [0.2, 0.25) is 0 Å². The topological polar surface area (TPSA) is 110 Å². The lowest BCUT2D eigenvalue weighted by Gasteiger charge is -2.16. The third kappa shape index (κ3) is 5.34. The van der Waals surface area contributed by atoms with Crippen molar-refractivity contribution in [2.24, 2.45) is 5.73 Å². The van der Waals surface area contributed by atoms with Gasteiger partial charge in [0.05, 0.1) is 11.8 Å². The number of amides is 1. The van der Waals surface area contributed by atoms with E-state index in [1.54, 1.807) is 31.3 Å². The Kier molecular flexibility index (Phi) is 6.63. The Morgan fingerprint density at radius 3 is 2.77 bits per heavy atom. The van der Waals surface area contributed by atoms with Crippen molar-refractivity contribution in [3.05, 3.63) is 82.9 Å². The predicted octanol–water partition coefficient (Wildman–Crippen LogP) is 2.94. The number of aromatic nitrogens is 2. The molecule has 152 valence electrons. The van der Waals surface area contributed by atoms with Crippen molar-refractivity contribution in [3.8, 4) is 17.6 Å². The molecule has 1 aromatic carbocycles. The van der Waals surface area contributed by atoms with E-state index < -0.39 is 12.1 Å². The van der Waals surface area contributed by atoms with Gasteiger partial charge in [0.15, 0.2) is 6.23 Å². The standard InChI is InChI=1S/C23H22N4O3/c1-3-4-19-8-6-16(12-26-19)23(29)27-20-7-5-15(2)18(9-20)14-30-21-10-17(22(24)28)11-25-13-21/h5-13,23,27,29H,14H2,1-2H3,(H2,24,28). The Morgan fingerprint density at radius 1 is 1.23 bits per heavy atom. The SMILES string of the molecule is CC#Cc1ccc(C(O)Nc2ccc(C)c(COc3cncc(C(N)=O)c3)c2)cn1. The van der Waals surface area contributed by atoms with Crippen molar-refractivity contribution in [2.45, 2.75) is 26.7 Å². The van der Waals surface area contributed by atoms with Crippen molar-refractivity contribution in [1.82, 2.24) is 9.97 Å². The molecule has 0 bridgehead atoms. The summed E-state index contributed by atoms with van der Waals surface area (Å²) in [5, 5.41) is 13.5. The summed E-state index contributed by atoms with van der Waals surface area (Å²) in [4.78, 5) is 19.5. The molecule has 0 aliphatic carbocycles. The van der Waals surface area contributed by atoms with Crippen molar-refractivity contribution in [1.29, 1.82) is 0 Å². The van der Waals surface area contributed by atoms with Gasteiger partial charge in [-0.15, -0.1) is 0 Å². The number of pyridine rings is 2. The first-order valence-electron chi connectivity index (χ1n) is 9.26. The quantitative estimate of drug-likeness (QED) is 0.414. The number of primary amides is 1. The number of aryl methyl sites for hydroxylation is 1. The second-order valence-electron chi connectivity index (χ2n) is 6.60. The highest BCUT2D eigenvalue weighted by Gasteiger charge is 2.10. The van der Waals surface area contributed by atoms with Crippen LogP contribution in [0.1, 0.15) is 45.9 Å². The molecule has 0 spiro atoms. The van der Waals surface area contributed by atoms with Crippen LogP contribution >= 0.6 is 0 Å². The van der Waals surface area contributed by atoms with Crippen LogP contribution < -0.4 is 15.8 Å². The van der Waals surface area contributed by atoms with Gasteiger partial charge in [-0.1, -0.05) is 18.1 Å². The molecule has 0 saturated heterocycles. The minimum Gasteiger partial charge on any atom is -0.487 e. The Bertz CT molecular complexity index is 1100. The monoisotopic (exact) mass is 402 g/mol. The number of aliphatic hydroxyl groups excluding tert-OH is 1. The number of carbonyl (C=O) groups excluding carboxylic acids is 1. The molecule has 3 aromatic rings. The van der Waals surface area contributed by atoms with Crippen LogP contribution in [-0.2, 0) is 6.61 Å². The van der Waals surface area contributed by atoms with E-state index in [9.17, 15) is 9.90 Å². The van der Waals surface area contributed by atoms with E-state index in [0.29, 0.717) is 17.0 Å². The number of aliphatic hydroxyl groups is 1. The van der Waals surface area contributed by atoms with Gasteiger partial charge < -0.3 is 20.9 Å². The molecule has 1 unspecified atom stereocenters. The summed E-state index contributed by atoms with van der Waals surface area (Å²) in [6.45, 7) is 3.98. The minimum atomic E-state index is -0.922. The van der Waals surface area contributed by atoms with E-state index in [-0.39, 0.29) is 12.2 Å². The Labute approximate surface area is 174 Å². The number of hydrogen-bond donors (Lipinski definition) is 3. The zero-order valence-corrected chi connectivity index (χ0v) is 16.7. The minimum absolute atomic E-state index is 0.271. The molecule has 0 aliphatic heterocycles. The highest BCUT2D eigenvalue weighted by Crippen LogP contribution is 2.22. The van der Waals surface area contributed by atoms with Crippen molar-refractivity contribution in [2.75, 3.05) is 5.32 Å². The molecule has 30 heavy (non-hydrogen) atoms. The average molecular weight is 402 g/mol. The second-order valence-corrected chi connectivity index (χ2v) is 6.60. The van der Waals surface area contributed by atoms with E-state index in [1.807, 2.05) is 25.1 Å². The zero-order chi connectivity index (χ0) is 21.5. The lowest BCUT2D eigenvalue weighted by Crippen LogP contribution is -2.12. The van der Waals surface area contributed by atoms with Gasteiger partial charge in [0, 0.05) is 23.6 Å². The number of hydrogen-bond acceptors (Lipinski definition) is 6. The van der Waals surface area contributed by atoms with Gasteiger partial charge in [0.25, 0.3) is 0 Å². The summed E-state index contributed by atoms with van der Waals surface area (Å²) in [6.07, 6.45) is 3.58. The molecule has 7 nitrogen and oxygen atoms in total. The number of nitrogens with one attached hydrogen (secondary N) is 1. The summed E-state index contributed by atoms with van der Waals surface area (Å²) >= 11 is 0. The molecule has 1 amide bonds. The first-order chi connectivity index (χ1) is 14.5. The predicted molar refractivity (Wildman–Crippen MR) is 114 cm³/mol. The Hall–Kier alpha value is -3.89. The van der Waals surface area contributed by atoms with E-state index >= 15 is 0 Å². The fourth-order valence-electron chi connectivity index (χ4n) is 2.72. The molecule has 3 rings (SSSR count). The van der Waals surface area contributed by atoms with Crippen LogP contribution in [0.15, 0.2) is 55.0 Å². The number of nitrogens with zero attached hydrogens (tertiary/aromatic N) is 2. The second kappa shape index (κ2) is 9.54. The third-order valence-electron chi connectivity index (χ3n) is 4.40. The number of nitrogens with two attached hydrogens (primary N) is 1. The number of ether oxygens (including phenoxy) is 1. The molecule has 0 fully saturated rings. The Balaban J connectivity index is 1.69. The van der Waals surface area contributed by atoms with Crippen LogP contribution in [0.25, 0.3) is 0 Å². The lowest BCUT2D eigenvalue weighted by molar-refractivity contribution is 0.0999. The van der Waals surface area contributed by atoms with E-state index in [4.69, 9.17) is 10.5 Å². The van der Waals surface area contributed by atoms with Crippen molar-refractivity contribution >= 4 is 11.6 Å². The fraction of sp³-hybridized carbons (Fsp3) is 0.174. The average Bonchev–Trinajstić information content (AvgIpc) is 2.75. The first-order valence-corrected chi connectivity index (χ1v) is 9.26. The summed E-state index contributed by atoms with van der Waals surface area (Å²) < 4.78 is 5.76. The lowest BCUT2D eigenvalue weighted by atomic mass is 10.1. The summed E-state index contributed by atoms with van der Waals surface area (Å²) in [5.41, 5.74) is 9.51. The maximum atomic E-state index is 11.3. The van der Waals surface area contributed by atoms with E-state index in [2.05, 4.69) is 27.1 Å². The number of benzene rings is 1. The molecule has 0 saturated carbocycles. The molecule has 0 radical (unpaired) electrons. The van der Waals surface area contributed by atoms with Gasteiger partial charge >= 0.3 is 0 Å². The first kappa shape index (κ1) is 20.8. The Morgan fingerprint density at radius 2 is 2.07 bits per heavy atom. The van der Waals surface area contributed by atoms with Gasteiger partial charge in [-0.25, -0.2) is 4.98 Å². The van der Waals surface area contributed by atoms with Crippen LogP contribution in [-0.4, -0.2) is 21.0 Å². The van der Waals surface area contributed by atoms with Gasteiger partial charge in [0.2, 0.25) is 5.91 Å². The maximum absolute atomic E-state index is 11.3. The summed E-state index contributed by atoms with van der Waals surface area (Å²) in [6, 6.07) is 10.8.